The summed E-state index contributed by atoms with van der Waals surface area (Å²) in [7, 11) is 0. The lowest BCUT2D eigenvalue weighted by Gasteiger charge is -2.18. The molecule has 0 aliphatic heterocycles. The molecule has 128 valence electrons. The van der Waals surface area contributed by atoms with Crippen LogP contribution in [0.15, 0.2) is 18.2 Å². The van der Waals surface area contributed by atoms with Gasteiger partial charge in [-0.1, -0.05) is 23.4 Å². The maximum absolute atomic E-state index is 12.5. The van der Waals surface area contributed by atoms with Crippen molar-refractivity contribution in [3.05, 3.63) is 46.3 Å². The molecule has 1 atom stereocenters. The van der Waals surface area contributed by atoms with Gasteiger partial charge in [0.2, 0.25) is 0 Å². The first-order valence-corrected chi connectivity index (χ1v) is 7.75. The number of hydrogen-bond donors (Lipinski definition) is 2. The number of rotatable bonds is 5. The summed E-state index contributed by atoms with van der Waals surface area (Å²) >= 11 is 0. The van der Waals surface area contributed by atoms with Gasteiger partial charge in [-0.2, -0.15) is 0 Å². The Hall–Kier alpha value is -2.70. The topological polar surface area (TPSA) is 97.1 Å². The summed E-state index contributed by atoms with van der Waals surface area (Å²) in [6.07, 6.45) is 0. The van der Waals surface area contributed by atoms with Crippen LogP contribution in [0.2, 0.25) is 0 Å². The second-order valence-corrected chi connectivity index (χ2v) is 6.10. The number of nitrogens with zero attached hydrogens (tertiary/aromatic N) is 3. The Morgan fingerprint density at radius 1 is 1.21 bits per heavy atom. The third-order valence-electron chi connectivity index (χ3n) is 4.11. The summed E-state index contributed by atoms with van der Waals surface area (Å²) in [6.45, 7) is 9.34. The minimum atomic E-state index is -1.14. The predicted octanol–water partition coefficient (Wildman–Crippen LogP) is 2.34. The molecule has 0 bridgehead atoms. The van der Waals surface area contributed by atoms with Crippen LogP contribution < -0.4 is 5.32 Å². The highest BCUT2D eigenvalue weighted by Gasteiger charge is 2.27. The van der Waals surface area contributed by atoms with E-state index < -0.39 is 17.9 Å². The third-order valence-corrected chi connectivity index (χ3v) is 4.11. The number of aliphatic carboxylic acids is 1. The first kappa shape index (κ1) is 17.7. The average molecular weight is 330 g/mol. The minimum Gasteiger partial charge on any atom is -0.479 e. The standard InChI is InChI=1S/C17H22N4O3/c1-9(2)21-12(5)14(19-20-21)16(22)18-15(17(23)24)13-8-6-7-10(3)11(13)4/h6-9,15H,1-5H3,(H,18,22)(H,23,24). The Kier molecular flexibility index (Phi) is 5.02. The maximum atomic E-state index is 12.5. The van der Waals surface area contributed by atoms with Crippen molar-refractivity contribution in [2.75, 3.05) is 0 Å². The number of carbonyl (C=O) groups excluding carboxylic acids is 1. The summed E-state index contributed by atoms with van der Waals surface area (Å²) in [5.41, 5.74) is 3.11. The fraction of sp³-hybridized carbons (Fsp3) is 0.412. The molecular formula is C17H22N4O3. The molecule has 1 heterocycles. The number of nitrogens with one attached hydrogen (secondary N) is 1. The molecule has 7 nitrogen and oxygen atoms in total. The number of carbonyl (C=O) groups is 2. The second-order valence-electron chi connectivity index (χ2n) is 6.10. The van der Waals surface area contributed by atoms with Gasteiger partial charge in [-0.25, -0.2) is 9.48 Å². The number of benzene rings is 1. The number of aromatic nitrogens is 3. The van der Waals surface area contributed by atoms with Gasteiger partial charge in [-0.3, -0.25) is 4.79 Å². The van der Waals surface area contributed by atoms with Gasteiger partial charge in [-0.15, -0.1) is 5.10 Å². The van der Waals surface area contributed by atoms with Gasteiger partial charge in [0, 0.05) is 6.04 Å². The third kappa shape index (κ3) is 3.29. The van der Waals surface area contributed by atoms with E-state index in [4.69, 9.17) is 0 Å². The van der Waals surface area contributed by atoms with E-state index in [1.807, 2.05) is 33.8 Å². The molecule has 0 aliphatic carbocycles. The molecule has 2 N–H and O–H groups in total. The van der Waals surface area contributed by atoms with Crippen LogP contribution in [0, 0.1) is 20.8 Å². The Bertz CT molecular complexity index is 780. The lowest BCUT2D eigenvalue weighted by Crippen LogP contribution is -2.35. The number of hydrogen-bond acceptors (Lipinski definition) is 4. The molecule has 7 heteroatoms. The molecule has 1 aromatic heterocycles. The van der Waals surface area contributed by atoms with E-state index in [2.05, 4.69) is 15.6 Å². The number of carboxylic acids is 1. The average Bonchev–Trinajstić information content (AvgIpc) is 2.89. The summed E-state index contributed by atoms with van der Waals surface area (Å²) in [5.74, 6) is -1.67. The molecule has 0 radical (unpaired) electrons. The van der Waals surface area contributed by atoms with Crippen molar-refractivity contribution in [1.82, 2.24) is 20.3 Å². The van der Waals surface area contributed by atoms with Gasteiger partial charge in [0.15, 0.2) is 11.7 Å². The van der Waals surface area contributed by atoms with Gasteiger partial charge in [0.05, 0.1) is 5.69 Å². The predicted molar refractivity (Wildman–Crippen MR) is 88.9 cm³/mol. The fourth-order valence-electron chi connectivity index (χ4n) is 2.60. The number of amides is 1. The molecule has 1 amide bonds. The minimum absolute atomic E-state index is 0.0633. The van der Waals surface area contributed by atoms with E-state index in [1.165, 1.54) is 0 Å². The molecule has 0 saturated carbocycles. The molecule has 0 fully saturated rings. The van der Waals surface area contributed by atoms with Crippen molar-refractivity contribution < 1.29 is 14.7 Å². The van der Waals surface area contributed by atoms with Crippen molar-refractivity contribution in [2.45, 2.75) is 46.7 Å². The molecule has 2 aromatic rings. The van der Waals surface area contributed by atoms with Gasteiger partial charge >= 0.3 is 5.97 Å². The monoisotopic (exact) mass is 330 g/mol. The van der Waals surface area contributed by atoms with Crippen LogP contribution in [0.1, 0.15) is 58.8 Å². The SMILES string of the molecule is Cc1cccc(C(NC(=O)c2nnn(C(C)C)c2C)C(=O)O)c1C. The summed E-state index contributed by atoms with van der Waals surface area (Å²) in [5, 5.41) is 19.9. The summed E-state index contributed by atoms with van der Waals surface area (Å²) in [6, 6.07) is 4.31. The highest BCUT2D eigenvalue weighted by molar-refractivity contribution is 5.96. The van der Waals surface area contributed by atoms with Crippen LogP contribution in [0.25, 0.3) is 0 Å². The lowest BCUT2D eigenvalue weighted by molar-refractivity contribution is -0.139. The van der Waals surface area contributed by atoms with E-state index in [9.17, 15) is 14.7 Å². The zero-order valence-corrected chi connectivity index (χ0v) is 14.5. The molecule has 1 aromatic carbocycles. The van der Waals surface area contributed by atoms with Crippen LogP contribution in [-0.2, 0) is 4.79 Å². The highest BCUT2D eigenvalue weighted by atomic mass is 16.4. The van der Waals surface area contributed by atoms with Gasteiger partial charge in [0.25, 0.3) is 5.91 Å². The highest BCUT2D eigenvalue weighted by Crippen LogP contribution is 2.21. The Labute approximate surface area is 140 Å². The van der Waals surface area contributed by atoms with Crippen molar-refractivity contribution in [3.63, 3.8) is 0 Å². The Morgan fingerprint density at radius 2 is 1.88 bits per heavy atom. The first-order chi connectivity index (χ1) is 11.2. The van der Waals surface area contributed by atoms with Crippen molar-refractivity contribution in [2.24, 2.45) is 0 Å². The van der Waals surface area contributed by atoms with Crippen molar-refractivity contribution in [1.29, 1.82) is 0 Å². The van der Waals surface area contributed by atoms with Crippen LogP contribution >= 0.6 is 0 Å². The smallest absolute Gasteiger partial charge is 0.330 e. The summed E-state index contributed by atoms with van der Waals surface area (Å²) in [4.78, 5) is 24.2. The zero-order valence-electron chi connectivity index (χ0n) is 14.5. The molecule has 2 rings (SSSR count). The van der Waals surface area contributed by atoms with E-state index in [1.54, 1.807) is 23.7 Å². The number of carboxylic acid groups (broad SMARTS) is 1. The van der Waals surface area contributed by atoms with Crippen LogP contribution in [0.4, 0.5) is 0 Å². The maximum Gasteiger partial charge on any atom is 0.330 e. The van der Waals surface area contributed by atoms with Crippen LogP contribution in [0.5, 0.6) is 0 Å². The number of aryl methyl sites for hydroxylation is 1. The molecule has 0 saturated heterocycles. The van der Waals surface area contributed by atoms with Crippen molar-refractivity contribution in [3.8, 4) is 0 Å². The van der Waals surface area contributed by atoms with E-state index >= 15 is 0 Å². The van der Waals surface area contributed by atoms with E-state index in [-0.39, 0.29) is 11.7 Å². The van der Waals surface area contributed by atoms with Crippen LogP contribution in [-0.4, -0.2) is 32.0 Å². The molecule has 24 heavy (non-hydrogen) atoms. The van der Waals surface area contributed by atoms with E-state index in [0.29, 0.717) is 11.3 Å². The van der Waals surface area contributed by atoms with Gasteiger partial charge < -0.3 is 10.4 Å². The first-order valence-electron chi connectivity index (χ1n) is 7.75. The van der Waals surface area contributed by atoms with E-state index in [0.717, 1.165) is 11.1 Å². The largest absolute Gasteiger partial charge is 0.479 e. The van der Waals surface area contributed by atoms with Gasteiger partial charge in [-0.05, 0) is 51.3 Å². The van der Waals surface area contributed by atoms with Gasteiger partial charge in [0.1, 0.15) is 0 Å². The molecule has 0 aliphatic rings. The second kappa shape index (κ2) is 6.82. The Morgan fingerprint density at radius 3 is 2.42 bits per heavy atom. The normalized spacial score (nSPS) is 12.2. The molecule has 1 unspecified atom stereocenters. The molecular weight excluding hydrogens is 308 g/mol. The lowest BCUT2D eigenvalue weighted by atomic mass is 9.97. The Balaban J connectivity index is 2.33. The zero-order chi connectivity index (χ0) is 18.0. The fourth-order valence-corrected chi connectivity index (χ4v) is 2.60. The van der Waals surface area contributed by atoms with Crippen LogP contribution in [0.3, 0.4) is 0 Å². The molecule has 0 spiro atoms. The van der Waals surface area contributed by atoms with Crippen molar-refractivity contribution >= 4 is 11.9 Å². The summed E-state index contributed by atoms with van der Waals surface area (Å²) < 4.78 is 1.63. The quantitative estimate of drug-likeness (QED) is 0.877.